The molecule has 3 atom stereocenters. The van der Waals surface area contributed by atoms with Crippen molar-refractivity contribution in [2.45, 2.75) is 13.0 Å². The number of hydrogen-bond acceptors (Lipinski definition) is 6. The van der Waals surface area contributed by atoms with E-state index in [-0.39, 0.29) is 18.1 Å². The highest BCUT2D eigenvalue weighted by Crippen LogP contribution is 2.36. The lowest BCUT2D eigenvalue weighted by atomic mass is 10.0. The molecule has 2 aromatic rings. The second-order valence-electron chi connectivity index (χ2n) is 7.63. The van der Waals surface area contributed by atoms with E-state index in [0.29, 0.717) is 61.0 Å². The van der Waals surface area contributed by atoms with Crippen molar-refractivity contribution < 1.29 is 23.4 Å². The Morgan fingerprint density at radius 2 is 1.79 bits per heavy atom. The number of benzene rings is 1. The number of likely N-dealkylation sites (tertiary alicyclic amines) is 1. The normalized spacial score (nSPS) is 25.6. The lowest BCUT2D eigenvalue weighted by molar-refractivity contribution is 0.0698. The first-order chi connectivity index (χ1) is 13.6. The first-order valence-electron chi connectivity index (χ1n) is 9.50. The minimum Gasteiger partial charge on any atom is -0.485 e. The summed E-state index contributed by atoms with van der Waals surface area (Å²) in [6.45, 7) is 4.61. The number of carbonyl (C=O) groups excluding carboxylic acids is 1. The highest BCUT2D eigenvalue weighted by Gasteiger charge is 2.40. The third-order valence-electron chi connectivity index (χ3n) is 5.74. The molecule has 1 aromatic heterocycles. The predicted octanol–water partition coefficient (Wildman–Crippen LogP) is 2.18. The molecule has 3 aliphatic rings. The van der Waals surface area contributed by atoms with Gasteiger partial charge in [0.1, 0.15) is 12.2 Å². The summed E-state index contributed by atoms with van der Waals surface area (Å²) in [6.07, 6.45) is -0.534. The average molecular weight is 383 g/mol. The fourth-order valence-electron chi connectivity index (χ4n) is 4.22. The Hall–Kier alpha value is -2.80. The van der Waals surface area contributed by atoms with Crippen LogP contribution in [-0.4, -0.2) is 43.7 Å². The van der Waals surface area contributed by atoms with Gasteiger partial charge in [0.2, 0.25) is 0 Å². The molecule has 7 heteroatoms. The number of amides is 1. The molecule has 1 amide bonds. The number of rotatable bonds is 2. The molecule has 0 aliphatic carbocycles. The van der Waals surface area contributed by atoms with Crippen LogP contribution in [0.25, 0.3) is 0 Å². The van der Waals surface area contributed by atoms with Gasteiger partial charge in [0.15, 0.2) is 23.4 Å². The Kier molecular flexibility index (Phi) is 4.12. The number of aryl methyl sites for hydroxylation is 1. The predicted molar refractivity (Wildman–Crippen MR) is 98.7 cm³/mol. The molecule has 28 heavy (non-hydrogen) atoms. The summed E-state index contributed by atoms with van der Waals surface area (Å²) >= 11 is 0. The first-order valence-corrected chi connectivity index (χ1v) is 9.50. The smallest absolute Gasteiger partial charge is 0.349 e. The maximum atomic E-state index is 12.9. The van der Waals surface area contributed by atoms with Gasteiger partial charge in [-0.25, -0.2) is 4.79 Å². The Morgan fingerprint density at radius 3 is 2.50 bits per heavy atom. The van der Waals surface area contributed by atoms with Gasteiger partial charge in [0, 0.05) is 24.9 Å². The van der Waals surface area contributed by atoms with Crippen LogP contribution in [0.4, 0.5) is 0 Å². The molecule has 2 saturated heterocycles. The number of nitrogens with zero attached hydrogens (tertiary/aromatic N) is 1. The SMILES string of the molecule is Cc1cc(C2COc3ccccc3O2)oc(=O)c1C(=O)N1C[C@H]2COC[C@H]2C1. The van der Waals surface area contributed by atoms with E-state index in [1.807, 2.05) is 18.2 Å². The van der Waals surface area contributed by atoms with E-state index in [4.69, 9.17) is 18.6 Å². The van der Waals surface area contributed by atoms with Crippen molar-refractivity contribution in [3.8, 4) is 11.5 Å². The van der Waals surface area contributed by atoms with Crippen LogP contribution in [0.2, 0.25) is 0 Å². The van der Waals surface area contributed by atoms with E-state index in [9.17, 15) is 9.59 Å². The number of para-hydroxylation sites is 2. The summed E-state index contributed by atoms with van der Waals surface area (Å²) in [6, 6.07) is 9.05. The fraction of sp³-hybridized carbons (Fsp3) is 0.429. The second kappa shape index (κ2) is 6.67. The minimum atomic E-state index is -0.629. The first kappa shape index (κ1) is 17.3. The van der Waals surface area contributed by atoms with Crippen LogP contribution in [0.5, 0.6) is 11.5 Å². The lowest BCUT2D eigenvalue weighted by Gasteiger charge is -2.26. The van der Waals surface area contributed by atoms with Gasteiger partial charge in [-0.1, -0.05) is 12.1 Å². The monoisotopic (exact) mass is 383 g/mol. The molecular formula is C21H21NO6. The van der Waals surface area contributed by atoms with E-state index in [2.05, 4.69) is 0 Å². The lowest BCUT2D eigenvalue weighted by Crippen LogP contribution is -2.34. The Morgan fingerprint density at radius 1 is 1.07 bits per heavy atom. The molecule has 7 nitrogen and oxygen atoms in total. The molecule has 0 saturated carbocycles. The molecule has 146 valence electrons. The summed E-state index contributed by atoms with van der Waals surface area (Å²) in [5, 5.41) is 0. The van der Waals surface area contributed by atoms with Crippen LogP contribution >= 0.6 is 0 Å². The van der Waals surface area contributed by atoms with Gasteiger partial charge in [0.05, 0.1) is 13.2 Å². The molecule has 0 bridgehead atoms. The van der Waals surface area contributed by atoms with Crippen LogP contribution in [0.15, 0.2) is 39.5 Å². The van der Waals surface area contributed by atoms with Gasteiger partial charge in [-0.15, -0.1) is 0 Å². The zero-order chi connectivity index (χ0) is 19.3. The minimum absolute atomic E-state index is 0.0989. The van der Waals surface area contributed by atoms with Gasteiger partial charge in [0.25, 0.3) is 5.91 Å². The fourth-order valence-corrected chi connectivity index (χ4v) is 4.22. The molecule has 1 aromatic carbocycles. The Balaban J connectivity index is 1.39. The number of hydrogen-bond donors (Lipinski definition) is 0. The second-order valence-corrected chi connectivity index (χ2v) is 7.63. The quantitative estimate of drug-likeness (QED) is 0.791. The largest absolute Gasteiger partial charge is 0.485 e. The zero-order valence-corrected chi connectivity index (χ0v) is 15.6. The van der Waals surface area contributed by atoms with E-state index in [1.54, 1.807) is 24.0 Å². The van der Waals surface area contributed by atoms with Crippen molar-refractivity contribution in [1.82, 2.24) is 4.90 Å². The van der Waals surface area contributed by atoms with E-state index in [1.165, 1.54) is 0 Å². The summed E-state index contributed by atoms with van der Waals surface area (Å²) in [5.41, 5.74) is 0.0598. The number of carbonyl (C=O) groups is 1. The summed E-state index contributed by atoms with van der Waals surface area (Å²) in [5.74, 6) is 2.09. The number of ether oxygens (including phenoxy) is 3. The molecule has 0 N–H and O–H groups in total. The molecule has 4 heterocycles. The van der Waals surface area contributed by atoms with Gasteiger partial charge < -0.3 is 23.5 Å². The maximum absolute atomic E-state index is 12.9. The molecule has 0 spiro atoms. The summed E-state index contributed by atoms with van der Waals surface area (Å²) in [7, 11) is 0. The van der Waals surface area contributed by atoms with Gasteiger partial charge >= 0.3 is 5.63 Å². The highest BCUT2D eigenvalue weighted by atomic mass is 16.6. The van der Waals surface area contributed by atoms with E-state index < -0.39 is 11.7 Å². The van der Waals surface area contributed by atoms with Crippen LogP contribution in [0.3, 0.4) is 0 Å². The molecule has 5 rings (SSSR count). The van der Waals surface area contributed by atoms with Crippen LogP contribution in [-0.2, 0) is 4.74 Å². The topological polar surface area (TPSA) is 78.2 Å². The van der Waals surface area contributed by atoms with Gasteiger partial charge in [-0.3, -0.25) is 4.79 Å². The van der Waals surface area contributed by atoms with Crippen LogP contribution < -0.4 is 15.1 Å². The van der Waals surface area contributed by atoms with Gasteiger partial charge in [-0.2, -0.15) is 0 Å². The zero-order valence-electron chi connectivity index (χ0n) is 15.6. The van der Waals surface area contributed by atoms with Crippen LogP contribution in [0, 0.1) is 18.8 Å². The summed E-state index contributed by atoms with van der Waals surface area (Å²) < 4.78 is 22.6. The molecule has 0 radical (unpaired) electrons. The Labute approximate surface area is 161 Å². The highest BCUT2D eigenvalue weighted by molar-refractivity contribution is 5.95. The molecular weight excluding hydrogens is 362 g/mol. The van der Waals surface area contributed by atoms with Gasteiger partial charge in [-0.05, 0) is 30.7 Å². The maximum Gasteiger partial charge on any atom is 0.349 e. The average Bonchev–Trinajstić information content (AvgIpc) is 3.29. The van der Waals surface area contributed by atoms with Crippen molar-refractivity contribution in [3.63, 3.8) is 0 Å². The molecule has 2 fully saturated rings. The standard InChI is InChI=1S/C21H21NO6/c1-12-6-17(18-11-26-15-4-2-3-5-16(15)27-18)28-21(24)19(12)20(23)22-7-13-9-25-10-14(13)8-22/h2-6,13-14,18H,7-11H2,1H3/t13-,14+,18?. The van der Waals surface area contributed by atoms with Crippen molar-refractivity contribution in [1.29, 1.82) is 0 Å². The number of fused-ring (bicyclic) bond motifs is 2. The molecule has 3 aliphatic heterocycles. The molecule has 1 unspecified atom stereocenters. The van der Waals surface area contributed by atoms with Crippen LogP contribution in [0.1, 0.15) is 27.8 Å². The van der Waals surface area contributed by atoms with Crippen molar-refractivity contribution >= 4 is 5.91 Å². The third kappa shape index (κ3) is 2.86. The van der Waals surface area contributed by atoms with E-state index >= 15 is 0 Å². The van der Waals surface area contributed by atoms with Crippen molar-refractivity contribution in [2.75, 3.05) is 32.9 Å². The Bertz CT molecular complexity index is 971. The van der Waals surface area contributed by atoms with E-state index in [0.717, 1.165) is 0 Å². The summed E-state index contributed by atoms with van der Waals surface area (Å²) in [4.78, 5) is 27.3. The van der Waals surface area contributed by atoms with Crippen molar-refractivity contribution in [2.24, 2.45) is 11.8 Å². The van der Waals surface area contributed by atoms with Crippen molar-refractivity contribution in [3.05, 3.63) is 57.6 Å². The third-order valence-corrected chi connectivity index (χ3v) is 5.74.